The second-order valence-corrected chi connectivity index (χ2v) is 5.13. The van der Waals surface area contributed by atoms with Gasteiger partial charge in [-0.3, -0.25) is 0 Å². The lowest BCUT2D eigenvalue weighted by Crippen LogP contribution is -2.37. The van der Waals surface area contributed by atoms with Gasteiger partial charge in [-0.2, -0.15) is 0 Å². The molecule has 0 spiro atoms. The fourth-order valence-electron chi connectivity index (χ4n) is 2.63. The van der Waals surface area contributed by atoms with Gasteiger partial charge in [-0.25, -0.2) is 0 Å². The predicted molar refractivity (Wildman–Crippen MR) is 63.1 cm³/mol. The highest BCUT2D eigenvalue weighted by atomic mass is 16.5. The third kappa shape index (κ3) is 2.15. The summed E-state index contributed by atoms with van der Waals surface area (Å²) in [7, 11) is 2.06. The number of nitrogens with one attached hydrogen (secondary N) is 1. The van der Waals surface area contributed by atoms with Gasteiger partial charge in [-0.1, -0.05) is 0 Å². The van der Waals surface area contributed by atoms with Crippen LogP contribution >= 0.6 is 0 Å². The molecule has 1 saturated heterocycles. The van der Waals surface area contributed by atoms with Gasteiger partial charge in [0.15, 0.2) is 0 Å². The van der Waals surface area contributed by atoms with Crippen LogP contribution in [0.5, 0.6) is 0 Å². The normalized spacial score (nSPS) is 29.8. The predicted octanol–water partition coefficient (Wildman–Crippen LogP) is 1.68. The van der Waals surface area contributed by atoms with Crippen LogP contribution in [0.3, 0.4) is 0 Å². The van der Waals surface area contributed by atoms with Crippen LogP contribution in [-0.4, -0.2) is 23.3 Å². The summed E-state index contributed by atoms with van der Waals surface area (Å²) in [5, 5.41) is 3.64. The molecule has 3 nitrogen and oxygen atoms in total. The summed E-state index contributed by atoms with van der Waals surface area (Å²) in [6.07, 6.45) is 8.68. The van der Waals surface area contributed by atoms with Crippen molar-refractivity contribution >= 4 is 0 Å². The first-order chi connectivity index (χ1) is 7.83. The van der Waals surface area contributed by atoms with Crippen LogP contribution in [0.25, 0.3) is 0 Å². The van der Waals surface area contributed by atoms with Crippen molar-refractivity contribution in [2.24, 2.45) is 13.0 Å². The molecule has 2 unspecified atom stereocenters. The van der Waals surface area contributed by atoms with Crippen molar-refractivity contribution < 1.29 is 4.74 Å². The van der Waals surface area contributed by atoms with Gasteiger partial charge in [0.2, 0.25) is 0 Å². The lowest BCUT2D eigenvalue weighted by Gasteiger charge is -2.19. The van der Waals surface area contributed by atoms with Crippen molar-refractivity contribution in [2.45, 2.75) is 38.0 Å². The first-order valence-corrected chi connectivity index (χ1v) is 6.29. The number of nitrogens with zero attached hydrogens (tertiary/aromatic N) is 1. The van der Waals surface area contributed by atoms with Crippen LogP contribution in [0, 0.1) is 5.92 Å². The molecule has 0 bridgehead atoms. The molecule has 88 valence electrons. The highest BCUT2D eigenvalue weighted by Crippen LogP contribution is 2.38. The van der Waals surface area contributed by atoms with Crippen LogP contribution in [0.15, 0.2) is 18.5 Å². The topological polar surface area (TPSA) is 26.2 Å². The molecule has 0 aromatic carbocycles. The average molecular weight is 220 g/mol. The Hall–Kier alpha value is -0.800. The van der Waals surface area contributed by atoms with Gasteiger partial charge < -0.3 is 14.6 Å². The molecular formula is C13H20N2O. The van der Waals surface area contributed by atoms with Crippen molar-refractivity contribution in [3.8, 4) is 0 Å². The molecule has 3 rings (SSSR count). The molecule has 2 fully saturated rings. The first kappa shape index (κ1) is 10.4. The first-order valence-electron chi connectivity index (χ1n) is 6.29. The van der Waals surface area contributed by atoms with Gasteiger partial charge in [-0.05, 0) is 36.8 Å². The van der Waals surface area contributed by atoms with Crippen molar-refractivity contribution in [1.82, 2.24) is 9.88 Å². The van der Waals surface area contributed by atoms with E-state index in [-0.39, 0.29) is 0 Å². The maximum Gasteiger partial charge on any atom is 0.0757 e. The zero-order valence-corrected chi connectivity index (χ0v) is 9.86. The molecule has 2 aliphatic rings. The fourth-order valence-corrected chi connectivity index (χ4v) is 2.63. The van der Waals surface area contributed by atoms with Crippen LogP contribution in [0.2, 0.25) is 0 Å². The van der Waals surface area contributed by atoms with Crippen LogP contribution in [-0.2, 0) is 18.3 Å². The van der Waals surface area contributed by atoms with Gasteiger partial charge in [0.05, 0.1) is 6.10 Å². The molecule has 0 radical (unpaired) electrons. The van der Waals surface area contributed by atoms with E-state index < -0.39 is 0 Å². The van der Waals surface area contributed by atoms with Crippen LogP contribution in [0.4, 0.5) is 0 Å². The Morgan fingerprint density at radius 1 is 1.44 bits per heavy atom. The van der Waals surface area contributed by atoms with Gasteiger partial charge >= 0.3 is 0 Å². The summed E-state index contributed by atoms with van der Waals surface area (Å²) >= 11 is 0. The van der Waals surface area contributed by atoms with Crippen LogP contribution in [0.1, 0.15) is 24.8 Å². The standard InChI is InChI=1S/C13H20N2O/c1-15-6-4-10(9-15)8-14-12-5-7-16-13(12)11-2-3-11/h4,6,9,11-14H,2-3,5,7-8H2,1H3. The zero-order valence-electron chi connectivity index (χ0n) is 9.86. The number of hydrogen-bond acceptors (Lipinski definition) is 2. The molecule has 1 aromatic heterocycles. The van der Waals surface area contributed by atoms with E-state index in [1.54, 1.807) is 0 Å². The van der Waals surface area contributed by atoms with Gasteiger partial charge in [-0.15, -0.1) is 0 Å². The largest absolute Gasteiger partial charge is 0.376 e. The Kier molecular flexibility index (Phi) is 2.74. The second kappa shape index (κ2) is 4.22. The van der Waals surface area contributed by atoms with Gasteiger partial charge in [0, 0.05) is 38.6 Å². The summed E-state index contributed by atoms with van der Waals surface area (Å²) in [6.45, 7) is 1.91. The van der Waals surface area contributed by atoms with E-state index in [4.69, 9.17) is 4.74 Å². The summed E-state index contributed by atoms with van der Waals surface area (Å²) in [5.74, 6) is 0.843. The van der Waals surface area contributed by atoms with Crippen LogP contribution < -0.4 is 5.32 Å². The van der Waals surface area contributed by atoms with Crippen molar-refractivity contribution in [1.29, 1.82) is 0 Å². The molecule has 16 heavy (non-hydrogen) atoms. The molecule has 1 aromatic rings. The van der Waals surface area contributed by atoms with Crippen molar-refractivity contribution in [2.75, 3.05) is 6.61 Å². The Morgan fingerprint density at radius 2 is 2.31 bits per heavy atom. The summed E-state index contributed by atoms with van der Waals surface area (Å²) in [4.78, 5) is 0. The van der Waals surface area contributed by atoms with Crippen molar-refractivity contribution in [3.05, 3.63) is 24.0 Å². The lowest BCUT2D eigenvalue weighted by molar-refractivity contribution is 0.0809. The lowest BCUT2D eigenvalue weighted by atomic mass is 10.1. The summed E-state index contributed by atoms with van der Waals surface area (Å²) in [5.41, 5.74) is 1.36. The summed E-state index contributed by atoms with van der Waals surface area (Å²) in [6, 6.07) is 2.75. The second-order valence-electron chi connectivity index (χ2n) is 5.13. The summed E-state index contributed by atoms with van der Waals surface area (Å²) < 4.78 is 7.91. The third-order valence-corrected chi connectivity index (χ3v) is 3.68. The molecule has 2 heterocycles. The molecule has 1 aliphatic heterocycles. The SMILES string of the molecule is Cn1ccc(CNC2CCOC2C2CC2)c1. The number of rotatable bonds is 4. The minimum absolute atomic E-state index is 0.490. The van der Waals surface area contributed by atoms with Crippen molar-refractivity contribution in [3.63, 3.8) is 0 Å². The molecule has 1 N–H and O–H groups in total. The van der Waals surface area contributed by atoms with Gasteiger partial charge in [0.25, 0.3) is 0 Å². The number of ether oxygens (including phenoxy) is 1. The highest BCUT2D eigenvalue weighted by molar-refractivity contribution is 5.10. The van der Waals surface area contributed by atoms with E-state index >= 15 is 0 Å². The number of aromatic nitrogens is 1. The highest BCUT2D eigenvalue weighted by Gasteiger charge is 2.40. The Labute approximate surface area is 96.8 Å². The monoisotopic (exact) mass is 220 g/mol. The Balaban J connectivity index is 1.54. The van der Waals surface area contributed by atoms with E-state index in [9.17, 15) is 0 Å². The third-order valence-electron chi connectivity index (χ3n) is 3.68. The van der Waals surface area contributed by atoms with Gasteiger partial charge in [0.1, 0.15) is 0 Å². The smallest absolute Gasteiger partial charge is 0.0757 e. The molecule has 0 amide bonds. The molecular weight excluding hydrogens is 200 g/mol. The quantitative estimate of drug-likeness (QED) is 0.835. The van der Waals surface area contributed by atoms with E-state index in [0.717, 1.165) is 19.1 Å². The fraction of sp³-hybridized carbons (Fsp3) is 0.692. The molecule has 1 saturated carbocycles. The minimum Gasteiger partial charge on any atom is -0.376 e. The molecule has 2 atom stereocenters. The maximum atomic E-state index is 5.82. The maximum absolute atomic E-state index is 5.82. The average Bonchev–Trinajstić information content (AvgIpc) is 2.86. The number of hydrogen-bond donors (Lipinski definition) is 1. The minimum atomic E-state index is 0.490. The Morgan fingerprint density at radius 3 is 3.00 bits per heavy atom. The number of aryl methyl sites for hydroxylation is 1. The van der Waals surface area contributed by atoms with E-state index in [1.807, 2.05) is 0 Å². The zero-order chi connectivity index (χ0) is 11.0. The Bertz CT molecular complexity index is 357. The molecule has 1 aliphatic carbocycles. The van der Waals surface area contributed by atoms with E-state index in [0.29, 0.717) is 12.1 Å². The van der Waals surface area contributed by atoms with E-state index in [1.165, 1.54) is 24.8 Å². The van der Waals surface area contributed by atoms with E-state index in [2.05, 4.69) is 35.4 Å². The molecule has 3 heteroatoms.